The molecule has 102 valence electrons. The molecular weight excluding hydrogens is 268 g/mol. The molecule has 0 saturated heterocycles. The van der Waals surface area contributed by atoms with Crippen molar-refractivity contribution in [3.8, 4) is 0 Å². The number of aromatic nitrogens is 2. The molecule has 0 unspecified atom stereocenters. The van der Waals surface area contributed by atoms with Crippen molar-refractivity contribution in [3.05, 3.63) is 60.2 Å². The van der Waals surface area contributed by atoms with Gasteiger partial charge in [0.25, 0.3) is 0 Å². The normalized spacial score (nSPS) is 9.68. The number of halogens is 1. The fourth-order valence-electron chi connectivity index (χ4n) is 1.49. The monoisotopic (exact) mass is 282 g/mol. The highest BCUT2D eigenvalue weighted by Gasteiger charge is 1.95. The first-order chi connectivity index (χ1) is 8.24. The van der Waals surface area contributed by atoms with Gasteiger partial charge in [-0.1, -0.05) is 24.3 Å². The quantitative estimate of drug-likeness (QED) is 0.865. The number of carboxylic acids is 1. The van der Waals surface area contributed by atoms with Gasteiger partial charge in [0.05, 0.1) is 6.33 Å². The summed E-state index contributed by atoms with van der Waals surface area (Å²) in [7, 11) is 0. The minimum absolute atomic E-state index is 0. The van der Waals surface area contributed by atoms with Crippen molar-refractivity contribution < 1.29 is 15.4 Å². The second kappa shape index (κ2) is 8.07. The zero-order valence-electron chi connectivity index (χ0n) is 10.1. The van der Waals surface area contributed by atoms with Gasteiger partial charge in [-0.2, -0.15) is 0 Å². The summed E-state index contributed by atoms with van der Waals surface area (Å²) in [5.41, 5.74) is 2.03. The van der Waals surface area contributed by atoms with Crippen LogP contribution in [-0.4, -0.2) is 26.1 Å². The molecule has 0 radical (unpaired) electrons. The highest BCUT2D eigenvalue weighted by atomic mass is 35.5. The van der Waals surface area contributed by atoms with E-state index < -0.39 is 5.97 Å². The number of carboxylic acid groups (broad SMARTS) is 1. The molecule has 1 aromatic heterocycles. The second-order valence-electron chi connectivity index (χ2n) is 3.65. The first-order valence-electron chi connectivity index (χ1n) is 5.20. The summed E-state index contributed by atoms with van der Waals surface area (Å²) in [6.07, 6.45) is 8.11. The molecule has 19 heavy (non-hydrogen) atoms. The van der Waals surface area contributed by atoms with Crippen LogP contribution in [0.25, 0.3) is 6.08 Å². The van der Waals surface area contributed by atoms with Crippen LogP contribution in [0.2, 0.25) is 0 Å². The molecule has 0 atom stereocenters. The van der Waals surface area contributed by atoms with Gasteiger partial charge in [-0.05, 0) is 17.2 Å². The predicted octanol–water partition coefficient (Wildman–Crippen LogP) is 1.63. The summed E-state index contributed by atoms with van der Waals surface area (Å²) >= 11 is 0. The van der Waals surface area contributed by atoms with E-state index >= 15 is 0 Å². The first kappa shape index (κ1) is 16.9. The zero-order valence-corrected chi connectivity index (χ0v) is 10.9. The van der Waals surface area contributed by atoms with Gasteiger partial charge < -0.3 is 15.1 Å². The average molecular weight is 283 g/mol. The molecule has 1 aromatic carbocycles. The molecule has 3 N–H and O–H groups in total. The van der Waals surface area contributed by atoms with Crippen LogP contribution in [0.1, 0.15) is 11.1 Å². The maximum Gasteiger partial charge on any atom is 0.328 e. The fourth-order valence-corrected chi connectivity index (χ4v) is 1.49. The smallest absolute Gasteiger partial charge is 0.328 e. The summed E-state index contributed by atoms with van der Waals surface area (Å²) < 4.78 is 1.97. The van der Waals surface area contributed by atoms with E-state index in [1.54, 1.807) is 18.6 Å². The van der Waals surface area contributed by atoms with E-state index in [0.29, 0.717) is 0 Å². The average Bonchev–Trinajstić information content (AvgIpc) is 2.81. The number of aliphatic carboxylic acids is 1. The van der Waals surface area contributed by atoms with Gasteiger partial charge in [0, 0.05) is 25.0 Å². The van der Waals surface area contributed by atoms with E-state index in [-0.39, 0.29) is 17.9 Å². The predicted molar refractivity (Wildman–Crippen MR) is 75.3 cm³/mol. The Morgan fingerprint density at radius 2 is 2.00 bits per heavy atom. The number of imidazole rings is 1. The van der Waals surface area contributed by atoms with E-state index in [1.165, 1.54) is 0 Å². The number of nitrogens with zero attached hydrogens (tertiary/aromatic N) is 2. The maximum atomic E-state index is 10.4. The molecule has 0 fully saturated rings. The Hall–Kier alpha value is -2.11. The van der Waals surface area contributed by atoms with Gasteiger partial charge in [0.2, 0.25) is 0 Å². The van der Waals surface area contributed by atoms with E-state index in [9.17, 15) is 4.79 Å². The van der Waals surface area contributed by atoms with E-state index in [4.69, 9.17) is 5.11 Å². The summed E-state index contributed by atoms with van der Waals surface area (Å²) in [5.74, 6) is -0.938. The summed E-state index contributed by atoms with van der Waals surface area (Å²) in [5, 5.41) is 8.50. The van der Waals surface area contributed by atoms with Crippen molar-refractivity contribution in [2.45, 2.75) is 6.54 Å². The molecule has 1 heterocycles. The van der Waals surface area contributed by atoms with Gasteiger partial charge in [-0.25, -0.2) is 9.78 Å². The van der Waals surface area contributed by atoms with Crippen molar-refractivity contribution in [1.82, 2.24) is 9.55 Å². The summed E-state index contributed by atoms with van der Waals surface area (Å²) in [6.45, 7) is 0.767. The molecule has 6 heteroatoms. The maximum absolute atomic E-state index is 10.4. The van der Waals surface area contributed by atoms with E-state index in [1.807, 2.05) is 35.0 Å². The van der Waals surface area contributed by atoms with Crippen LogP contribution < -0.4 is 0 Å². The Balaban J connectivity index is 0.00000162. The number of hydrogen-bond donors (Lipinski definition) is 1. The van der Waals surface area contributed by atoms with Crippen LogP contribution >= 0.6 is 12.4 Å². The Morgan fingerprint density at radius 1 is 1.32 bits per heavy atom. The van der Waals surface area contributed by atoms with Gasteiger partial charge in [-0.15, -0.1) is 12.4 Å². The Kier molecular flexibility index (Phi) is 7.18. The number of hydrogen-bond acceptors (Lipinski definition) is 2. The largest absolute Gasteiger partial charge is 0.478 e. The molecule has 2 aromatic rings. The molecule has 2 rings (SSSR count). The molecular formula is C13H15ClN2O3. The highest BCUT2D eigenvalue weighted by Crippen LogP contribution is 2.07. The summed E-state index contributed by atoms with van der Waals surface area (Å²) in [6, 6.07) is 7.74. The highest BCUT2D eigenvalue weighted by molar-refractivity contribution is 5.85. The minimum Gasteiger partial charge on any atom is -0.478 e. The third-order valence-corrected chi connectivity index (χ3v) is 2.32. The Morgan fingerprint density at radius 3 is 2.53 bits per heavy atom. The zero-order chi connectivity index (χ0) is 12.1. The van der Waals surface area contributed by atoms with Gasteiger partial charge in [-0.3, -0.25) is 0 Å². The van der Waals surface area contributed by atoms with Gasteiger partial charge >= 0.3 is 5.97 Å². The third kappa shape index (κ3) is 5.37. The molecule has 0 amide bonds. The van der Waals surface area contributed by atoms with Crippen LogP contribution in [0.15, 0.2) is 49.1 Å². The Labute approximate surface area is 116 Å². The molecule has 0 bridgehead atoms. The molecule has 0 aliphatic carbocycles. The van der Waals surface area contributed by atoms with Crippen molar-refractivity contribution in [1.29, 1.82) is 0 Å². The number of rotatable bonds is 4. The molecule has 5 nitrogen and oxygen atoms in total. The topological polar surface area (TPSA) is 86.6 Å². The number of benzene rings is 1. The number of carbonyl (C=O) groups is 1. The lowest BCUT2D eigenvalue weighted by Crippen LogP contribution is -1.95. The third-order valence-electron chi connectivity index (χ3n) is 2.32. The van der Waals surface area contributed by atoms with Crippen molar-refractivity contribution in [3.63, 3.8) is 0 Å². The minimum atomic E-state index is -0.938. The van der Waals surface area contributed by atoms with Crippen molar-refractivity contribution in [2.24, 2.45) is 0 Å². The van der Waals surface area contributed by atoms with Crippen LogP contribution in [0.4, 0.5) is 0 Å². The van der Waals surface area contributed by atoms with Crippen LogP contribution in [0, 0.1) is 0 Å². The lowest BCUT2D eigenvalue weighted by molar-refractivity contribution is -0.131. The van der Waals surface area contributed by atoms with Gasteiger partial charge in [0.1, 0.15) is 0 Å². The first-order valence-corrected chi connectivity index (χ1v) is 5.20. The van der Waals surface area contributed by atoms with Gasteiger partial charge in [0.15, 0.2) is 0 Å². The van der Waals surface area contributed by atoms with E-state index in [0.717, 1.165) is 23.7 Å². The van der Waals surface area contributed by atoms with Crippen LogP contribution in [0.5, 0.6) is 0 Å². The Bertz CT molecular complexity index is 521. The van der Waals surface area contributed by atoms with Crippen molar-refractivity contribution in [2.75, 3.05) is 0 Å². The van der Waals surface area contributed by atoms with Crippen LogP contribution in [-0.2, 0) is 11.3 Å². The second-order valence-corrected chi connectivity index (χ2v) is 3.65. The molecule has 0 saturated carbocycles. The fraction of sp³-hybridized carbons (Fsp3) is 0.0769. The summed E-state index contributed by atoms with van der Waals surface area (Å²) in [4.78, 5) is 14.3. The SMILES string of the molecule is Cl.O.O=C(O)C=Cc1ccc(Cn2ccnc2)cc1. The lowest BCUT2D eigenvalue weighted by Gasteiger charge is -2.02. The van der Waals surface area contributed by atoms with E-state index in [2.05, 4.69) is 4.98 Å². The standard InChI is InChI=1S/C13H12N2O2.ClH.H2O/c16-13(17)6-5-11-1-3-12(4-2-11)9-15-8-7-14-10-15;;/h1-8,10H,9H2,(H,16,17);1H;1H2. The van der Waals surface area contributed by atoms with Crippen molar-refractivity contribution >= 4 is 24.5 Å². The lowest BCUT2D eigenvalue weighted by atomic mass is 10.1. The van der Waals surface area contributed by atoms with Crippen LogP contribution in [0.3, 0.4) is 0 Å². The molecule has 0 aliphatic heterocycles. The molecule has 0 spiro atoms. The molecule has 0 aliphatic rings.